The third-order valence-electron chi connectivity index (χ3n) is 4.31. The normalized spacial score (nSPS) is 11.9. The lowest BCUT2D eigenvalue weighted by atomic mass is 9.97. The zero-order chi connectivity index (χ0) is 19.2. The molecule has 1 aromatic heterocycles. The molecular formula is C20H21FN2O3. The van der Waals surface area contributed by atoms with Gasteiger partial charge in [-0.05, 0) is 40.8 Å². The number of fused-ring (bicyclic) bond motifs is 1. The Morgan fingerprint density at radius 3 is 2.31 bits per heavy atom. The van der Waals surface area contributed by atoms with Crippen molar-refractivity contribution in [1.29, 1.82) is 0 Å². The van der Waals surface area contributed by atoms with Gasteiger partial charge in [0, 0.05) is 13.6 Å². The molecule has 0 aliphatic rings. The Hall–Kier alpha value is -2.89. The Balaban J connectivity index is 2.17. The molecule has 0 aliphatic carbocycles. The molecule has 6 heteroatoms. The van der Waals surface area contributed by atoms with Gasteiger partial charge in [0.25, 0.3) is 0 Å². The summed E-state index contributed by atoms with van der Waals surface area (Å²) in [6, 6.07) is 9.49. The highest BCUT2D eigenvalue weighted by atomic mass is 19.1. The fraction of sp³-hybridized carbons (Fsp3) is 0.300. The van der Waals surface area contributed by atoms with Gasteiger partial charge in [-0.2, -0.15) is 0 Å². The maximum atomic E-state index is 13.6. The van der Waals surface area contributed by atoms with Gasteiger partial charge < -0.3 is 5.11 Å². The minimum atomic E-state index is -1.31. The van der Waals surface area contributed by atoms with Gasteiger partial charge in [0.05, 0.1) is 16.6 Å². The summed E-state index contributed by atoms with van der Waals surface area (Å²) in [5, 5.41) is 9.11. The van der Waals surface area contributed by atoms with Gasteiger partial charge in [-0.15, -0.1) is 0 Å². The average Bonchev–Trinajstić information content (AvgIpc) is 2.78. The van der Waals surface area contributed by atoms with Crippen molar-refractivity contribution in [2.45, 2.75) is 27.3 Å². The summed E-state index contributed by atoms with van der Waals surface area (Å²) < 4.78 is 17.0. The van der Waals surface area contributed by atoms with Crippen LogP contribution >= 0.6 is 0 Å². The number of hydrogen-bond donors (Lipinski definition) is 1. The summed E-state index contributed by atoms with van der Waals surface area (Å²) in [7, 11) is 1.71. The monoisotopic (exact) mass is 356 g/mol. The smallest absolute Gasteiger partial charge is 0.338 e. The summed E-state index contributed by atoms with van der Waals surface area (Å²) in [5.74, 6) is -2.08. The highest BCUT2D eigenvalue weighted by Crippen LogP contribution is 2.27. The number of hydrogen-bond acceptors (Lipinski definition) is 2. The number of imidazole rings is 1. The van der Waals surface area contributed by atoms with E-state index in [0.29, 0.717) is 12.1 Å². The average molecular weight is 356 g/mol. The SMILES string of the molecule is Cn1c(=O)n(CC(C)(C)C)c2ccc(-c3ccc(F)c(C(=O)O)c3)cc21. The van der Waals surface area contributed by atoms with Crippen LogP contribution in [0, 0.1) is 11.2 Å². The first kappa shape index (κ1) is 17.9. The zero-order valence-electron chi connectivity index (χ0n) is 15.2. The van der Waals surface area contributed by atoms with Gasteiger partial charge in [-0.25, -0.2) is 14.0 Å². The van der Waals surface area contributed by atoms with E-state index in [-0.39, 0.29) is 16.7 Å². The lowest BCUT2D eigenvalue weighted by Crippen LogP contribution is -2.27. The van der Waals surface area contributed by atoms with Crippen LogP contribution in [0.4, 0.5) is 4.39 Å². The quantitative estimate of drug-likeness (QED) is 0.774. The molecule has 5 nitrogen and oxygen atoms in total. The highest BCUT2D eigenvalue weighted by Gasteiger charge is 2.18. The summed E-state index contributed by atoms with van der Waals surface area (Å²) in [4.78, 5) is 23.8. The molecule has 3 aromatic rings. The second-order valence-corrected chi connectivity index (χ2v) is 7.69. The molecule has 0 unspecified atom stereocenters. The topological polar surface area (TPSA) is 64.2 Å². The number of aromatic nitrogens is 2. The predicted octanol–water partition coefficient (Wildman–Crippen LogP) is 3.89. The summed E-state index contributed by atoms with van der Waals surface area (Å²) in [5.41, 5.74) is 2.35. The molecule has 3 rings (SSSR count). The number of carboxylic acid groups (broad SMARTS) is 1. The molecule has 0 saturated carbocycles. The number of rotatable bonds is 3. The molecule has 0 atom stereocenters. The number of aromatic carboxylic acids is 1. The summed E-state index contributed by atoms with van der Waals surface area (Å²) >= 11 is 0. The Morgan fingerprint density at radius 2 is 1.69 bits per heavy atom. The first-order chi connectivity index (χ1) is 12.1. The largest absolute Gasteiger partial charge is 0.478 e. The van der Waals surface area contributed by atoms with E-state index < -0.39 is 11.8 Å². The number of aryl methyl sites for hydroxylation is 1. The number of carbonyl (C=O) groups is 1. The van der Waals surface area contributed by atoms with Crippen molar-refractivity contribution in [3.63, 3.8) is 0 Å². The maximum Gasteiger partial charge on any atom is 0.338 e. The van der Waals surface area contributed by atoms with E-state index in [2.05, 4.69) is 20.8 Å². The number of halogens is 1. The van der Waals surface area contributed by atoms with Crippen molar-refractivity contribution in [2.75, 3.05) is 0 Å². The van der Waals surface area contributed by atoms with Crippen LogP contribution in [0.3, 0.4) is 0 Å². The molecule has 0 radical (unpaired) electrons. The second kappa shape index (κ2) is 6.12. The van der Waals surface area contributed by atoms with Gasteiger partial charge in [0.15, 0.2) is 0 Å². The van der Waals surface area contributed by atoms with Crippen molar-refractivity contribution in [2.24, 2.45) is 12.5 Å². The molecular weight excluding hydrogens is 335 g/mol. The van der Waals surface area contributed by atoms with Crippen molar-refractivity contribution in [1.82, 2.24) is 9.13 Å². The lowest BCUT2D eigenvalue weighted by molar-refractivity contribution is 0.0692. The molecule has 0 fully saturated rings. The molecule has 1 N–H and O–H groups in total. The maximum absolute atomic E-state index is 13.6. The zero-order valence-corrected chi connectivity index (χ0v) is 15.2. The minimum absolute atomic E-state index is 0.0515. The summed E-state index contributed by atoms with van der Waals surface area (Å²) in [6.45, 7) is 6.79. The first-order valence-corrected chi connectivity index (χ1v) is 8.31. The Bertz CT molecular complexity index is 1070. The number of nitrogens with zero attached hydrogens (tertiary/aromatic N) is 2. The minimum Gasteiger partial charge on any atom is -0.478 e. The van der Waals surface area contributed by atoms with Crippen LogP contribution in [0.1, 0.15) is 31.1 Å². The van der Waals surface area contributed by atoms with Crippen LogP contribution < -0.4 is 5.69 Å². The van der Waals surface area contributed by atoms with E-state index in [1.165, 1.54) is 12.1 Å². The van der Waals surface area contributed by atoms with Gasteiger partial charge in [0.2, 0.25) is 0 Å². The van der Waals surface area contributed by atoms with Gasteiger partial charge in [0.1, 0.15) is 5.82 Å². The fourth-order valence-electron chi connectivity index (χ4n) is 3.08. The van der Waals surface area contributed by atoms with Crippen LogP contribution in [-0.2, 0) is 13.6 Å². The molecule has 0 saturated heterocycles. The lowest BCUT2D eigenvalue weighted by Gasteiger charge is -2.18. The van der Waals surface area contributed by atoms with Crippen LogP contribution in [0.5, 0.6) is 0 Å². The predicted molar refractivity (Wildman–Crippen MR) is 99.0 cm³/mol. The number of benzene rings is 2. The van der Waals surface area contributed by atoms with E-state index in [9.17, 15) is 14.0 Å². The van der Waals surface area contributed by atoms with Crippen LogP contribution in [0.15, 0.2) is 41.2 Å². The third kappa shape index (κ3) is 3.14. The van der Waals surface area contributed by atoms with Crippen molar-refractivity contribution in [3.8, 4) is 11.1 Å². The van der Waals surface area contributed by atoms with E-state index >= 15 is 0 Å². The van der Waals surface area contributed by atoms with Crippen molar-refractivity contribution < 1.29 is 14.3 Å². The molecule has 26 heavy (non-hydrogen) atoms. The summed E-state index contributed by atoms with van der Waals surface area (Å²) in [6.07, 6.45) is 0. The van der Waals surface area contributed by atoms with Gasteiger partial charge >= 0.3 is 11.7 Å². The Kier molecular flexibility index (Phi) is 4.22. The molecule has 0 bridgehead atoms. The van der Waals surface area contributed by atoms with Crippen molar-refractivity contribution >= 4 is 17.0 Å². The van der Waals surface area contributed by atoms with E-state index in [1.54, 1.807) is 16.2 Å². The molecule has 2 aromatic carbocycles. The molecule has 0 aliphatic heterocycles. The second-order valence-electron chi connectivity index (χ2n) is 7.69. The standard InChI is InChI=1S/C20H21FN2O3/c1-20(2,3)11-23-16-8-6-13(10-17(16)22(4)19(23)26)12-5-7-15(21)14(9-12)18(24)25/h5-10H,11H2,1-4H3,(H,24,25). The van der Waals surface area contributed by atoms with Crippen LogP contribution in [0.2, 0.25) is 0 Å². The highest BCUT2D eigenvalue weighted by molar-refractivity contribution is 5.90. The fourth-order valence-corrected chi connectivity index (χ4v) is 3.08. The van der Waals surface area contributed by atoms with E-state index in [0.717, 1.165) is 22.7 Å². The first-order valence-electron chi connectivity index (χ1n) is 8.31. The molecule has 0 amide bonds. The number of carboxylic acids is 1. The van der Waals surface area contributed by atoms with Crippen LogP contribution in [0.25, 0.3) is 22.2 Å². The molecule has 1 heterocycles. The van der Waals surface area contributed by atoms with E-state index in [1.807, 2.05) is 18.2 Å². The Labute approximate surface area is 150 Å². The van der Waals surface area contributed by atoms with Crippen LogP contribution in [-0.4, -0.2) is 20.2 Å². The molecule has 136 valence electrons. The van der Waals surface area contributed by atoms with Gasteiger partial charge in [-0.1, -0.05) is 32.9 Å². The third-order valence-corrected chi connectivity index (χ3v) is 4.31. The van der Waals surface area contributed by atoms with Crippen molar-refractivity contribution in [3.05, 3.63) is 58.3 Å². The Morgan fingerprint density at radius 1 is 1.08 bits per heavy atom. The van der Waals surface area contributed by atoms with E-state index in [4.69, 9.17) is 5.11 Å². The van der Waals surface area contributed by atoms with Gasteiger partial charge in [-0.3, -0.25) is 9.13 Å². The molecule has 0 spiro atoms.